The Balaban J connectivity index is 2.00. The SMILES string of the molecule is CCNCc1ccc2[nH]c(-c3ccc(C(N)=O)[nH]c3=O)cc2c1. The molecule has 3 rings (SSSR count). The molecule has 0 aliphatic heterocycles. The molecule has 2 aromatic heterocycles. The number of carbonyl (C=O) groups is 1. The Morgan fingerprint density at radius 2 is 2.00 bits per heavy atom. The van der Waals surface area contributed by atoms with Gasteiger partial charge in [0.15, 0.2) is 0 Å². The van der Waals surface area contributed by atoms with Crippen molar-refractivity contribution < 1.29 is 4.79 Å². The molecule has 1 amide bonds. The summed E-state index contributed by atoms with van der Waals surface area (Å²) in [5.74, 6) is -0.654. The van der Waals surface area contributed by atoms with Gasteiger partial charge in [-0.1, -0.05) is 13.0 Å². The van der Waals surface area contributed by atoms with Gasteiger partial charge in [-0.15, -0.1) is 0 Å². The van der Waals surface area contributed by atoms with Crippen LogP contribution < -0.4 is 16.6 Å². The number of aromatic nitrogens is 2. The van der Waals surface area contributed by atoms with Gasteiger partial charge in [0.05, 0.1) is 11.3 Å². The lowest BCUT2D eigenvalue weighted by molar-refractivity contribution is 0.0995. The average molecular weight is 310 g/mol. The highest BCUT2D eigenvalue weighted by molar-refractivity contribution is 5.91. The van der Waals surface area contributed by atoms with Crippen LogP contribution in [0.3, 0.4) is 0 Å². The second-order valence-corrected chi connectivity index (χ2v) is 5.36. The van der Waals surface area contributed by atoms with E-state index in [1.807, 2.05) is 18.2 Å². The van der Waals surface area contributed by atoms with Crippen LogP contribution in [-0.2, 0) is 6.54 Å². The normalized spacial score (nSPS) is 11.0. The number of primary amides is 1. The summed E-state index contributed by atoms with van der Waals surface area (Å²) in [6.07, 6.45) is 0. The van der Waals surface area contributed by atoms with E-state index in [1.165, 1.54) is 11.6 Å². The number of hydrogen-bond acceptors (Lipinski definition) is 3. The van der Waals surface area contributed by atoms with Crippen molar-refractivity contribution >= 4 is 16.8 Å². The number of benzene rings is 1. The number of rotatable bonds is 5. The lowest BCUT2D eigenvalue weighted by atomic mass is 10.1. The number of nitrogens with two attached hydrogens (primary N) is 1. The Labute approximate surface area is 132 Å². The number of fused-ring (bicyclic) bond motifs is 1. The Hall–Kier alpha value is -2.86. The molecule has 0 unspecified atom stereocenters. The minimum absolute atomic E-state index is 0.0998. The van der Waals surface area contributed by atoms with E-state index in [1.54, 1.807) is 6.07 Å². The maximum Gasteiger partial charge on any atom is 0.265 e. The molecule has 2 heterocycles. The molecule has 1 aromatic carbocycles. The number of H-pyrrole nitrogens is 2. The van der Waals surface area contributed by atoms with Crippen LogP contribution in [0.15, 0.2) is 41.2 Å². The van der Waals surface area contributed by atoms with Gasteiger partial charge in [0, 0.05) is 17.4 Å². The summed E-state index contributed by atoms with van der Waals surface area (Å²) in [5.41, 5.74) is 8.24. The minimum atomic E-state index is -0.654. The van der Waals surface area contributed by atoms with Crippen molar-refractivity contribution in [3.63, 3.8) is 0 Å². The van der Waals surface area contributed by atoms with E-state index in [4.69, 9.17) is 5.73 Å². The lowest BCUT2D eigenvalue weighted by Crippen LogP contribution is -2.19. The fourth-order valence-corrected chi connectivity index (χ4v) is 2.54. The van der Waals surface area contributed by atoms with Crippen molar-refractivity contribution in [1.29, 1.82) is 0 Å². The van der Waals surface area contributed by atoms with E-state index in [0.717, 1.165) is 24.0 Å². The van der Waals surface area contributed by atoms with Gasteiger partial charge in [-0.05, 0) is 42.4 Å². The topological polar surface area (TPSA) is 104 Å². The molecular formula is C17H18N4O2. The summed E-state index contributed by atoms with van der Waals surface area (Å²) < 4.78 is 0. The van der Waals surface area contributed by atoms with Crippen molar-refractivity contribution in [3.05, 3.63) is 58.0 Å². The largest absolute Gasteiger partial charge is 0.364 e. The molecule has 0 saturated carbocycles. The number of pyridine rings is 1. The van der Waals surface area contributed by atoms with Crippen molar-refractivity contribution in [3.8, 4) is 11.3 Å². The molecule has 0 spiro atoms. The Morgan fingerprint density at radius 1 is 1.17 bits per heavy atom. The predicted octanol–water partition coefficient (Wildman–Crippen LogP) is 1.73. The molecular weight excluding hydrogens is 292 g/mol. The van der Waals surface area contributed by atoms with Crippen molar-refractivity contribution in [2.45, 2.75) is 13.5 Å². The van der Waals surface area contributed by atoms with Crippen molar-refractivity contribution in [2.24, 2.45) is 5.73 Å². The first-order chi connectivity index (χ1) is 11.1. The van der Waals surface area contributed by atoms with Crippen LogP contribution in [0.2, 0.25) is 0 Å². The maximum atomic E-state index is 12.1. The Bertz CT molecular complexity index is 924. The first kappa shape index (κ1) is 15.1. The quantitative estimate of drug-likeness (QED) is 0.577. The monoisotopic (exact) mass is 310 g/mol. The third kappa shape index (κ3) is 3.02. The molecule has 0 bridgehead atoms. The summed E-state index contributed by atoms with van der Waals surface area (Å²) in [6.45, 7) is 3.79. The van der Waals surface area contributed by atoms with Crippen LogP contribution in [0, 0.1) is 0 Å². The Kier molecular flexibility index (Phi) is 3.99. The van der Waals surface area contributed by atoms with E-state index in [2.05, 4.69) is 28.3 Å². The molecule has 5 N–H and O–H groups in total. The van der Waals surface area contributed by atoms with E-state index < -0.39 is 5.91 Å². The molecule has 6 nitrogen and oxygen atoms in total. The van der Waals surface area contributed by atoms with Crippen LogP contribution in [-0.4, -0.2) is 22.4 Å². The molecule has 3 aromatic rings. The number of aromatic amines is 2. The van der Waals surface area contributed by atoms with Crippen LogP contribution in [0.1, 0.15) is 23.0 Å². The molecule has 6 heteroatoms. The molecule has 0 aliphatic rings. The smallest absolute Gasteiger partial charge is 0.265 e. The van der Waals surface area contributed by atoms with Crippen LogP contribution >= 0.6 is 0 Å². The van der Waals surface area contributed by atoms with Crippen LogP contribution in [0.25, 0.3) is 22.2 Å². The van der Waals surface area contributed by atoms with E-state index >= 15 is 0 Å². The van der Waals surface area contributed by atoms with Gasteiger partial charge in [-0.25, -0.2) is 0 Å². The molecule has 23 heavy (non-hydrogen) atoms. The minimum Gasteiger partial charge on any atom is -0.364 e. The van der Waals surface area contributed by atoms with Gasteiger partial charge < -0.3 is 21.0 Å². The fraction of sp³-hybridized carbons (Fsp3) is 0.176. The van der Waals surface area contributed by atoms with Gasteiger partial charge in [-0.2, -0.15) is 0 Å². The number of amides is 1. The van der Waals surface area contributed by atoms with Gasteiger partial charge in [-0.3, -0.25) is 9.59 Å². The van der Waals surface area contributed by atoms with Crippen LogP contribution in [0.5, 0.6) is 0 Å². The third-order valence-corrected chi connectivity index (χ3v) is 3.73. The summed E-state index contributed by atoms with van der Waals surface area (Å²) in [5, 5.41) is 4.32. The summed E-state index contributed by atoms with van der Waals surface area (Å²) in [4.78, 5) is 29.0. The second-order valence-electron chi connectivity index (χ2n) is 5.36. The van der Waals surface area contributed by atoms with Gasteiger partial charge in [0.25, 0.3) is 11.5 Å². The molecule has 0 atom stereocenters. The highest BCUT2D eigenvalue weighted by atomic mass is 16.1. The summed E-state index contributed by atoms with van der Waals surface area (Å²) in [7, 11) is 0. The highest BCUT2D eigenvalue weighted by Crippen LogP contribution is 2.23. The van der Waals surface area contributed by atoms with Crippen molar-refractivity contribution in [1.82, 2.24) is 15.3 Å². The van der Waals surface area contributed by atoms with E-state index in [0.29, 0.717) is 11.3 Å². The predicted molar refractivity (Wildman–Crippen MR) is 90.3 cm³/mol. The fourth-order valence-electron chi connectivity index (χ4n) is 2.54. The molecule has 0 saturated heterocycles. The molecule has 0 radical (unpaired) electrons. The van der Waals surface area contributed by atoms with Gasteiger partial charge in [0.1, 0.15) is 5.69 Å². The number of carbonyl (C=O) groups excluding carboxylic acids is 1. The zero-order valence-electron chi connectivity index (χ0n) is 12.8. The Morgan fingerprint density at radius 3 is 2.70 bits per heavy atom. The van der Waals surface area contributed by atoms with Crippen LogP contribution in [0.4, 0.5) is 0 Å². The maximum absolute atomic E-state index is 12.1. The van der Waals surface area contributed by atoms with Gasteiger partial charge in [0.2, 0.25) is 0 Å². The van der Waals surface area contributed by atoms with Crippen molar-refractivity contribution in [2.75, 3.05) is 6.54 Å². The first-order valence-electron chi connectivity index (χ1n) is 7.44. The molecule has 0 aliphatic carbocycles. The third-order valence-electron chi connectivity index (χ3n) is 3.73. The van der Waals surface area contributed by atoms with E-state index in [9.17, 15) is 9.59 Å². The first-order valence-corrected chi connectivity index (χ1v) is 7.44. The summed E-state index contributed by atoms with van der Waals surface area (Å²) >= 11 is 0. The number of hydrogen-bond donors (Lipinski definition) is 4. The van der Waals surface area contributed by atoms with Gasteiger partial charge >= 0.3 is 0 Å². The summed E-state index contributed by atoms with van der Waals surface area (Å²) in [6, 6.07) is 11.2. The standard InChI is InChI=1S/C17H18N4O2/c1-2-19-9-10-3-5-13-11(7-10)8-15(20-13)12-4-6-14(16(18)22)21-17(12)23/h3-8,19-20H,2,9H2,1H3,(H2,18,22)(H,21,23). The zero-order chi connectivity index (χ0) is 16.4. The molecule has 0 fully saturated rings. The van der Waals surface area contributed by atoms with E-state index in [-0.39, 0.29) is 11.3 Å². The molecule has 118 valence electrons. The number of nitrogens with one attached hydrogen (secondary N) is 3. The highest BCUT2D eigenvalue weighted by Gasteiger charge is 2.10. The second kappa shape index (κ2) is 6.10. The lowest BCUT2D eigenvalue weighted by Gasteiger charge is -2.01. The zero-order valence-corrected chi connectivity index (χ0v) is 12.8. The average Bonchev–Trinajstić information content (AvgIpc) is 2.95.